The maximum Gasteiger partial charge on any atom is 0.356 e. The van der Waals surface area contributed by atoms with E-state index < -0.39 is 27.9 Å². The number of carboxylic acid groups (broad SMARTS) is 1. The monoisotopic (exact) mass is 301 g/mol. The van der Waals surface area contributed by atoms with Gasteiger partial charge in [-0.15, -0.1) is 0 Å². The number of aromatic carboxylic acids is 1. The summed E-state index contributed by atoms with van der Waals surface area (Å²) in [6.07, 6.45) is 2.35. The molecule has 0 aliphatic carbocycles. The van der Waals surface area contributed by atoms with Gasteiger partial charge in [0, 0.05) is 18.5 Å². The molecule has 0 aliphatic rings. The fourth-order valence-corrected chi connectivity index (χ4v) is 2.55. The van der Waals surface area contributed by atoms with Crippen LogP contribution in [0.3, 0.4) is 0 Å². The summed E-state index contributed by atoms with van der Waals surface area (Å²) in [7, 11) is -3.21. The van der Waals surface area contributed by atoms with Crippen molar-refractivity contribution in [2.24, 2.45) is 0 Å². The third-order valence-corrected chi connectivity index (χ3v) is 3.29. The van der Waals surface area contributed by atoms with E-state index in [1.807, 2.05) is 0 Å². The lowest BCUT2D eigenvalue weighted by molar-refractivity contribution is 0.0691. The van der Waals surface area contributed by atoms with E-state index in [1.165, 1.54) is 25.3 Å². The lowest BCUT2D eigenvalue weighted by Crippen LogP contribution is -2.40. The molecule has 0 aliphatic heterocycles. The second-order valence-electron chi connectivity index (χ2n) is 4.30. The first-order chi connectivity index (χ1) is 9.19. The molecular formula is C11H15N3O5S. The van der Waals surface area contributed by atoms with Gasteiger partial charge in [-0.1, -0.05) is 0 Å². The van der Waals surface area contributed by atoms with Gasteiger partial charge < -0.3 is 15.7 Å². The number of anilines is 1. The summed E-state index contributed by atoms with van der Waals surface area (Å²) in [4.78, 5) is 26.2. The van der Waals surface area contributed by atoms with Crippen LogP contribution in [0, 0.1) is 0 Å². The Hall–Kier alpha value is -2.16. The molecule has 1 aromatic rings. The fourth-order valence-electron chi connectivity index (χ4n) is 1.55. The molecule has 8 nitrogen and oxygen atoms in total. The van der Waals surface area contributed by atoms with Crippen molar-refractivity contribution in [3.05, 3.63) is 24.0 Å². The highest BCUT2D eigenvalue weighted by molar-refractivity contribution is 7.90. The molecular weight excluding hydrogens is 286 g/mol. The average molecular weight is 301 g/mol. The van der Waals surface area contributed by atoms with Crippen molar-refractivity contribution >= 4 is 27.5 Å². The van der Waals surface area contributed by atoms with E-state index in [-0.39, 0.29) is 17.1 Å². The fraction of sp³-hybridized carbons (Fsp3) is 0.364. The lowest BCUT2D eigenvalue weighted by Gasteiger charge is -2.14. The summed E-state index contributed by atoms with van der Waals surface area (Å²) < 4.78 is 22.1. The van der Waals surface area contributed by atoms with Crippen LogP contribution in [0.15, 0.2) is 18.3 Å². The van der Waals surface area contributed by atoms with Gasteiger partial charge in [-0.2, -0.15) is 0 Å². The van der Waals surface area contributed by atoms with Crippen LogP contribution in [0.4, 0.5) is 10.5 Å². The molecule has 0 saturated heterocycles. The Morgan fingerprint density at radius 2 is 2.10 bits per heavy atom. The summed E-state index contributed by atoms with van der Waals surface area (Å²) in [5, 5.41) is 13.6. The predicted molar refractivity (Wildman–Crippen MR) is 72.5 cm³/mol. The lowest BCUT2D eigenvalue weighted by atomic mass is 10.3. The molecule has 110 valence electrons. The Labute approximate surface area is 116 Å². The van der Waals surface area contributed by atoms with Gasteiger partial charge in [0.1, 0.15) is 9.84 Å². The Kier molecular flexibility index (Phi) is 5.03. The quantitative estimate of drug-likeness (QED) is 0.719. The number of nitrogens with one attached hydrogen (secondary N) is 2. The van der Waals surface area contributed by atoms with E-state index in [0.29, 0.717) is 0 Å². The Balaban J connectivity index is 2.70. The van der Waals surface area contributed by atoms with Gasteiger partial charge in [-0.25, -0.2) is 23.0 Å². The molecule has 9 heteroatoms. The predicted octanol–water partition coefficient (Wildman–Crippen LogP) is 0.334. The van der Waals surface area contributed by atoms with E-state index in [0.717, 1.165) is 6.26 Å². The Bertz CT molecular complexity index is 614. The van der Waals surface area contributed by atoms with Gasteiger partial charge in [-0.05, 0) is 19.1 Å². The number of carbonyl (C=O) groups is 2. The first kappa shape index (κ1) is 15.9. The molecule has 20 heavy (non-hydrogen) atoms. The molecule has 2 amide bonds. The molecule has 1 unspecified atom stereocenters. The topological polar surface area (TPSA) is 125 Å². The van der Waals surface area contributed by atoms with Crippen molar-refractivity contribution in [1.29, 1.82) is 0 Å². The van der Waals surface area contributed by atoms with Crippen molar-refractivity contribution in [2.45, 2.75) is 13.0 Å². The number of sulfone groups is 1. The third-order valence-electron chi connectivity index (χ3n) is 2.19. The van der Waals surface area contributed by atoms with Crippen LogP contribution in [0.1, 0.15) is 17.4 Å². The van der Waals surface area contributed by atoms with Crippen molar-refractivity contribution < 1.29 is 23.1 Å². The van der Waals surface area contributed by atoms with Gasteiger partial charge in [0.25, 0.3) is 0 Å². The van der Waals surface area contributed by atoms with Gasteiger partial charge in [-0.3, -0.25) is 0 Å². The van der Waals surface area contributed by atoms with E-state index in [4.69, 9.17) is 5.11 Å². The zero-order valence-electron chi connectivity index (χ0n) is 11.0. The number of hydrogen-bond acceptors (Lipinski definition) is 5. The molecule has 0 spiro atoms. The van der Waals surface area contributed by atoms with E-state index in [9.17, 15) is 18.0 Å². The van der Waals surface area contributed by atoms with Crippen LogP contribution in [0.25, 0.3) is 0 Å². The van der Waals surface area contributed by atoms with Crippen LogP contribution in [-0.2, 0) is 9.84 Å². The molecule has 0 saturated carbocycles. The molecule has 1 aromatic heterocycles. The summed E-state index contributed by atoms with van der Waals surface area (Å²) in [6, 6.07) is 1.56. The maximum absolute atomic E-state index is 11.6. The van der Waals surface area contributed by atoms with Crippen molar-refractivity contribution in [1.82, 2.24) is 10.3 Å². The zero-order chi connectivity index (χ0) is 15.3. The van der Waals surface area contributed by atoms with Gasteiger partial charge in [0.2, 0.25) is 0 Å². The summed E-state index contributed by atoms with van der Waals surface area (Å²) in [5.41, 5.74) is -0.262. The van der Waals surface area contributed by atoms with Crippen molar-refractivity contribution in [3.8, 4) is 0 Å². The molecule has 0 bridgehead atoms. The smallest absolute Gasteiger partial charge is 0.356 e. The van der Waals surface area contributed by atoms with Crippen molar-refractivity contribution in [2.75, 3.05) is 17.3 Å². The van der Waals surface area contributed by atoms with Crippen LogP contribution in [-0.4, -0.2) is 48.6 Å². The first-order valence-electron chi connectivity index (χ1n) is 5.62. The van der Waals surface area contributed by atoms with Crippen LogP contribution < -0.4 is 10.6 Å². The molecule has 1 heterocycles. The zero-order valence-corrected chi connectivity index (χ0v) is 11.8. The number of carbonyl (C=O) groups excluding carboxylic acids is 1. The minimum atomic E-state index is -3.21. The van der Waals surface area contributed by atoms with Crippen LogP contribution >= 0.6 is 0 Å². The highest BCUT2D eigenvalue weighted by Gasteiger charge is 2.16. The Morgan fingerprint density at radius 3 is 2.65 bits per heavy atom. The molecule has 1 atom stereocenters. The minimum Gasteiger partial charge on any atom is -0.476 e. The second kappa shape index (κ2) is 6.33. The van der Waals surface area contributed by atoms with Gasteiger partial charge in [0.05, 0.1) is 11.4 Å². The largest absolute Gasteiger partial charge is 0.476 e. The van der Waals surface area contributed by atoms with Crippen LogP contribution in [0.5, 0.6) is 0 Å². The molecule has 0 radical (unpaired) electrons. The van der Waals surface area contributed by atoms with E-state index in [1.54, 1.807) is 0 Å². The highest BCUT2D eigenvalue weighted by Crippen LogP contribution is 2.11. The summed E-state index contributed by atoms with van der Waals surface area (Å²) in [6.45, 7) is 1.53. The minimum absolute atomic E-state index is 0.0315. The van der Waals surface area contributed by atoms with Gasteiger partial charge in [0.15, 0.2) is 5.69 Å². The summed E-state index contributed by atoms with van der Waals surface area (Å²) >= 11 is 0. The number of carboxylic acids is 1. The summed E-state index contributed by atoms with van der Waals surface area (Å²) in [5.74, 6) is -1.48. The van der Waals surface area contributed by atoms with E-state index >= 15 is 0 Å². The first-order valence-corrected chi connectivity index (χ1v) is 7.68. The number of rotatable bonds is 5. The number of pyridine rings is 1. The molecule has 1 rings (SSSR count). The standard InChI is InChI=1S/C11H15N3O5S/c1-7(6-20(2,18)19)13-11(17)14-8-4-3-5-12-9(8)10(15)16/h3-5,7H,6H2,1-2H3,(H,15,16)(H2,13,14,17). The van der Waals surface area contributed by atoms with Crippen LogP contribution in [0.2, 0.25) is 0 Å². The average Bonchev–Trinajstić information content (AvgIpc) is 2.26. The highest BCUT2D eigenvalue weighted by atomic mass is 32.2. The molecule has 3 N–H and O–H groups in total. The SMILES string of the molecule is CC(CS(C)(=O)=O)NC(=O)Nc1cccnc1C(=O)O. The number of hydrogen-bond donors (Lipinski definition) is 3. The normalized spacial score (nSPS) is 12.5. The molecule has 0 aromatic carbocycles. The second-order valence-corrected chi connectivity index (χ2v) is 6.48. The number of nitrogens with zero attached hydrogens (tertiary/aromatic N) is 1. The van der Waals surface area contributed by atoms with E-state index in [2.05, 4.69) is 15.6 Å². The maximum atomic E-state index is 11.6. The number of urea groups is 1. The molecule has 0 fully saturated rings. The number of aromatic nitrogens is 1. The van der Waals surface area contributed by atoms with Gasteiger partial charge >= 0.3 is 12.0 Å². The van der Waals surface area contributed by atoms with Crippen molar-refractivity contribution in [3.63, 3.8) is 0 Å². The number of amides is 2. The third kappa shape index (κ3) is 5.22. The Morgan fingerprint density at radius 1 is 1.45 bits per heavy atom.